The van der Waals surface area contributed by atoms with Crippen molar-refractivity contribution >= 4 is 11.9 Å². The normalized spacial score (nSPS) is 35.2. The fourth-order valence-electron chi connectivity index (χ4n) is 2.75. The van der Waals surface area contributed by atoms with Gasteiger partial charge in [0.25, 0.3) is 5.91 Å². The van der Waals surface area contributed by atoms with E-state index in [9.17, 15) is 9.59 Å². The van der Waals surface area contributed by atoms with E-state index in [1.165, 1.54) is 11.3 Å². The average Bonchev–Trinajstić information content (AvgIpc) is 2.94. The van der Waals surface area contributed by atoms with Crippen LogP contribution in [0.2, 0.25) is 0 Å². The number of urea groups is 1. The fraction of sp³-hybridized carbons (Fsp3) is 0.833. The smallest absolute Gasteiger partial charge is 0.323 e. The molecule has 88 valence electrons. The van der Waals surface area contributed by atoms with Crippen LogP contribution >= 0.6 is 0 Å². The van der Waals surface area contributed by atoms with Gasteiger partial charge in [0.1, 0.15) is 5.54 Å². The van der Waals surface area contributed by atoms with Crippen molar-refractivity contribution in [3.05, 3.63) is 0 Å². The van der Waals surface area contributed by atoms with Crippen molar-refractivity contribution in [2.24, 2.45) is 11.8 Å². The number of rotatable bonds is 3. The van der Waals surface area contributed by atoms with Crippen LogP contribution in [0, 0.1) is 11.8 Å². The summed E-state index contributed by atoms with van der Waals surface area (Å²) in [5.41, 5.74) is -0.596. The molecule has 0 radical (unpaired) electrons. The van der Waals surface area contributed by atoms with Crippen molar-refractivity contribution in [1.29, 1.82) is 0 Å². The lowest BCUT2D eigenvalue weighted by molar-refractivity contribution is -0.132. The first kappa shape index (κ1) is 10.1. The van der Waals surface area contributed by atoms with Gasteiger partial charge in [-0.1, -0.05) is 6.42 Å². The van der Waals surface area contributed by atoms with Crippen LogP contribution in [0.3, 0.4) is 0 Å². The maximum absolute atomic E-state index is 12.2. The van der Waals surface area contributed by atoms with Gasteiger partial charge in [0, 0.05) is 6.54 Å². The Labute approximate surface area is 95.4 Å². The van der Waals surface area contributed by atoms with Gasteiger partial charge in [0.05, 0.1) is 0 Å². The SMILES string of the molecule is CC1(C2CC2)NC(=O)N(CC2CCC2)C1=O. The van der Waals surface area contributed by atoms with E-state index in [4.69, 9.17) is 0 Å². The van der Waals surface area contributed by atoms with Gasteiger partial charge in [-0.05, 0) is 44.4 Å². The highest BCUT2D eigenvalue weighted by molar-refractivity contribution is 6.07. The minimum atomic E-state index is -0.596. The third-order valence-electron chi connectivity index (χ3n) is 4.36. The van der Waals surface area contributed by atoms with E-state index < -0.39 is 5.54 Å². The molecule has 2 saturated carbocycles. The lowest BCUT2D eigenvalue weighted by Gasteiger charge is -2.29. The van der Waals surface area contributed by atoms with E-state index >= 15 is 0 Å². The molecule has 3 fully saturated rings. The zero-order valence-corrected chi connectivity index (χ0v) is 9.66. The third-order valence-corrected chi connectivity index (χ3v) is 4.36. The second kappa shape index (κ2) is 3.22. The Morgan fingerprint density at radius 2 is 2.00 bits per heavy atom. The molecule has 1 unspecified atom stereocenters. The fourth-order valence-corrected chi connectivity index (χ4v) is 2.75. The van der Waals surface area contributed by atoms with Gasteiger partial charge in [-0.15, -0.1) is 0 Å². The third kappa shape index (κ3) is 1.35. The van der Waals surface area contributed by atoms with Crippen LogP contribution in [0.1, 0.15) is 39.0 Å². The lowest BCUT2D eigenvalue weighted by atomic mass is 9.85. The minimum absolute atomic E-state index is 0.00639. The summed E-state index contributed by atoms with van der Waals surface area (Å²) in [5.74, 6) is 0.929. The molecule has 0 aromatic carbocycles. The first-order valence-corrected chi connectivity index (χ1v) is 6.25. The van der Waals surface area contributed by atoms with E-state index in [0.717, 1.165) is 25.7 Å². The van der Waals surface area contributed by atoms with E-state index in [0.29, 0.717) is 18.4 Å². The minimum Gasteiger partial charge on any atom is -0.323 e. The molecular formula is C12H18N2O2. The molecule has 1 aliphatic heterocycles. The summed E-state index contributed by atoms with van der Waals surface area (Å²) in [7, 11) is 0. The van der Waals surface area contributed by atoms with Gasteiger partial charge < -0.3 is 5.32 Å². The Hall–Kier alpha value is -1.06. The van der Waals surface area contributed by atoms with E-state index in [2.05, 4.69) is 5.32 Å². The number of hydrogen-bond donors (Lipinski definition) is 1. The summed E-state index contributed by atoms with van der Waals surface area (Å²) in [4.78, 5) is 25.5. The van der Waals surface area contributed by atoms with Crippen molar-refractivity contribution < 1.29 is 9.59 Å². The Balaban J connectivity index is 1.74. The van der Waals surface area contributed by atoms with Gasteiger partial charge in [-0.25, -0.2) is 4.79 Å². The summed E-state index contributed by atoms with van der Waals surface area (Å²) in [6.07, 6.45) is 5.71. The van der Waals surface area contributed by atoms with Crippen molar-refractivity contribution in [2.75, 3.05) is 6.54 Å². The van der Waals surface area contributed by atoms with Crippen LogP contribution in [0.25, 0.3) is 0 Å². The predicted molar refractivity (Wildman–Crippen MR) is 58.7 cm³/mol. The van der Waals surface area contributed by atoms with Crippen LogP contribution in [0.5, 0.6) is 0 Å². The van der Waals surface area contributed by atoms with Crippen LogP contribution < -0.4 is 5.32 Å². The quantitative estimate of drug-likeness (QED) is 0.736. The van der Waals surface area contributed by atoms with Crippen LogP contribution in [0.4, 0.5) is 4.79 Å². The van der Waals surface area contributed by atoms with Crippen molar-refractivity contribution in [1.82, 2.24) is 10.2 Å². The molecule has 1 saturated heterocycles. The number of imide groups is 1. The molecule has 3 aliphatic rings. The predicted octanol–water partition coefficient (Wildman–Crippen LogP) is 1.51. The maximum atomic E-state index is 12.2. The second-order valence-corrected chi connectivity index (χ2v) is 5.62. The summed E-state index contributed by atoms with van der Waals surface area (Å²) in [6.45, 7) is 2.51. The summed E-state index contributed by atoms with van der Waals surface area (Å²) < 4.78 is 0. The standard InChI is InChI=1S/C12H18N2O2/c1-12(9-5-6-9)10(15)14(11(16)13-12)7-8-3-2-4-8/h8-9H,2-7H2,1H3,(H,13,16). The molecule has 4 nitrogen and oxygen atoms in total. The van der Waals surface area contributed by atoms with Crippen molar-refractivity contribution in [3.63, 3.8) is 0 Å². The molecule has 3 rings (SSSR count). The number of hydrogen-bond acceptors (Lipinski definition) is 2. The van der Waals surface area contributed by atoms with Gasteiger partial charge in [-0.2, -0.15) is 0 Å². The van der Waals surface area contributed by atoms with Crippen LogP contribution in [-0.2, 0) is 4.79 Å². The first-order chi connectivity index (χ1) is 7.61. The van der Waals surface area contributed by atoms with Gasteiger partial charge >= 0.3 is 6.03 Å². The second-order valence-electron chi connectivity index (χ2n) is 5.62. The largest absolute Gasteiger partial charge is 0.325 e. The Bertz CT molecular complexity index is 347. The molecule has 0 aromatic rings. The molecule has 0 bridgehead atoms. The summed E-state index contributed by atoms with van der Waals surface area (Å²) in [5, 5.41) is 2.88. The van der Waals surface area contributed by atoms with Crippen molar-refractivity contribution in [3.8, 4) is 0 Å². The average molecular weight is 222 g/mol. The number of nitrogens with zero attached hydrogens (tertiary/aromatic N) is 1. The van der Waals surface area contributed by atoms with Crippen LogP contribution in [-0.4, -0.2) is 28.9 Å². The Kier molecular flexibility index (Phi) is 2.03. The highest BCUT2D eigenvalue weighted by Gasteiger charge is 2.56. The van der Waals surface area contributed by atoms with E-state index in [1.54, 1.807) is 0 Å². The van der Waals surface area contributed by atoms with E-state index in [1.807, 2.05) is 6.92 Å². The topological polar surface area (TPSA) is 49.4 Å². The highest BCUT2D eigenvalue weighted by Crippen LogP contribution is 2.43. The molecule has 1 atom stereocenters. The Morgan fingerprint density at radius 1 is 1.31 bits per heavy atom. The summed E-state index contributed by atoms with van der Waals surface area (Å²) >= 11 is 0. The molecule has 1 N–H and O–H groups in total. The molecule has 2 aliphatic carbocycles. The number of amides is 3. The molecule has 16 heavy (non-hydrogen) atoms. The zero-order chi connectivity index (χ0) is 11.3. The molecule has 1 heterocycles. The zero-order valence-electron chi connectivity index (χ0n) is 9.66. The number of nitrogens with one attached hydrogen (secondary N) is 1. The van der Waals surface area contributed by atoms with Crippen molar-refractivity contribution in [2.45, 2.75) is 44.6 Å². The van der Waals surface area contributed by atoms with Gasteiger partial charge in [0.2, 0.25) is 0 Å². The first-order valence-electron chi connectivity index (χ1n) is 6.25. The highest BCUT2D eigenvalue weighted by atomic mass is 16.2. The Morgan fingerprint density at radius 3 is 2.50 bits per heavy atom. The van der Waals surface area contributed by atoms with Crippen LogP contribution in [0.15, 0.2) is 0 Å². The number of carbonyl (C=O) groups is 2. The molecular weight excluding hydrogens is 204 g/mol. The molecule has 0 spiro atoms. The molecule has 0 aromatic heterocycles. The molecule has 3 amide bonds. The maximum Gasteiger partial charge on any atom is 0.325 e. The van der Waals surface area contributed by atoms with Gasteiger partial charge in [0.15, 0.2) is 0 Å². The monoisotopic (exact) mass is 222 g/mol. The summed E-state index contributed by atoms with van der Waals surface area (Å²) in [6, 6.07) is -0.175. The van der Waals surface area contributed by atoms with Gasteiger partial charge in [-0.3, -0.25) is 9.69 Å². The molecule has 4 heteroatoms. The van der Waals surface area contributed by atoms with E-state index in [-0.39, 0.29) is 11.9 Å². The number of carbonyl (C=O) groups excluding carboxylic acids is 2. The lowest BCUT2D eigenvalue weighted by Crippen LogP contribution is -2.46.